The molecule has 0 bridgehead atoms. The van der Waals surface area contributed by atoms with Crippen LogP contribution in [0.1, 0.15) is 30.5 Å². The van der Waals surface area contributed by atoms with Crippen molar-refractivity contribution in [2.75, 3.05) is 5.73 Å². The maximum atomic E-state index is 9.00. The Bertz CT molecular complexity index is 547. The molecule has 3 heteroatoms. The molecule has 0 aliphatic rings. The number of nitrogens with zero attached hydrogens (tertiary/aromatic N) is 1. The standard InChI is InChI=1S/C11H10N2S.C2H6/c1-6-3-4-9-10(7(6)2)8(5-12)11(13)14-9;1-2/h3-4H,13H2,1-2H3;1-2H3. The smallest absolute Gasteiger partial charge is 0.105 e. The molecular weight excluding hydrogens is 216 g/mol. The van der Waals surface area contributed by atoms with E-state index in [0.29, 0.717) is 10.6 Å². The fraction of sp³-hybridized carbons (Fsp3) is 0.308. The molecular formula is C13H16N2S. The number of benzene rings is 1. The zero-order chi connectivity index (χ0) is 12.3. The van der Waals surface area contributed by atoms with Crippen LogP contribution in [0.5, 0.6) is 0 Å². The summed E-state index contributed by atoms with van der Waals surface area (Å²) in [6, 6.07) is 6.26. The van der Waals surface area contributed by atoms with Gasteiger partial charge in [-0.15, -0.1) is 11.3 Å². The Labute approximate surface area is 100 Å². The van der Waals surface area contributed by atoms with Gasteiger partial charge in [0.05, 0.1) is 5.56 Å². The van der Waals surface area contributed by atoms with Gasteiger partial charge in [-0.3, -0.25) is 0 Å². The molecule has 0 saturated heterocycles. The van der Waals surface area contributed by atoms with E-state index in [9.17, 15) is 0 Å². The highest BCUT2D eigenvalue weighted by Gasteiger charge is 2.12. The molecule has 0 saturated carbocycles. The first-order valence-corrected chi connectivity index (χ1v) is 6.15. The number of nitrogen functional groups attached to an aromatic ring is 1. The molecule has 2 nitrogen and oxygen atoms in total. The van der Waals surface area contributed by atoms with E-state index in [-0.39, 0.29) is 0 Å². The number of hydrogen-bond donors (Lipinski definition) is 1. The molecule has 0 amide bonds. The van der Waals surface area contributed by atoms with Crippen molar-refractivity contribution in [3.8, 4) is 6.07 Å². The first kappa shape index (κ1) is 12.5. The Balaban J connectivity index is 0.000000606. The third-order valence-electron chi connectivity index (χ3n) is 2.53. The average Bonchev–Trinajstić information content (AvgIpc) is 2.63. The Morgan fingerprint density at radius 3 is 2.44 bits per heavy atom. The van der Waals surface area contributed by atoms with Crippen molar-refractivity contribution in [2.45, 2.75) is 27.7 Å². The minimum atomic E-state index is 0.621. The molecule has 0 aliphatic heterocycles. The van der Waals surface area contributed by atoms with Crippen molar-refractivity contribution < 1.29 is 0 Å². The van der Waals surface area contributed by atoms with Crippen LogP contribution in [-0.4, -0.2) is 0 Å². The van der Waals surface area contributed by atoms with E-state index in [0.717, 1.165) is 15.6 Å². The van der Waals surface area contributed by atoms with Gasteiger partial charge in [-0.2, -0.15) is 5.26 Å². The highest BCUT2D eigenvalue weighted by molar-refractivity contribution is 7.23. The molecule has 84 valence electrons. The lowest BCUT2D eigenvalue weighted by Crippen LogP contribution is -1.85. The Morgan fingerprint density at radius 1 is 1.25 bits per heavy atom. The number of rotatable bonds is 0. The van der Waals surface area contributed by atoms with Crippen molar-refractivity contribution in [3.05, 3.63) is 28.8 Å². The van der Waals surface area contributed by atoms with Crippen LogP contribution in [0.4, 0.5) is 5.00 Å². The average molecular weight is 232 g/mol. The predicted molar refractivity (Wildman–Crippen MR) is 71.8 cm³/mol. The SMILES string of the molecule is CC.Cc1ccc2sc(N)c(C#N)c2c1C. The van der Waals surface area contributed by atoms with Gasteiger partial charge in [0.25, 0.3) is 0 Å². The third-order valence-corrected chi connectivity index (χ3v) is 3.51. The number of fused-ring (bicyclic) bond motifs is 1. The van der Waals surface area contributed by atoms with E-state index in [1.807, 2.05) is 33.8 Å². The van der Waals surface area contributed by atoms with Crippen molar-refractivity contribution in [1.29, 1.82) is 5.26 Å². The van der Waals surface area contributed by atoms with Gasteiger partial charge in [0.2, 0.25) is 0 Å². The van der Waals surface area contributed by atoms with Gasteiger partial charge in [0.15, 0.2) is 0 Å². The normalized spacial score (nSPS) is 9.44. The molecule has 0 atom stereocenters. The summed E-state index contributed by atoms with van der Waals surface area (Å²) >= 11 is 1.48. The van der Waals surface area contributed by atoms with Crippen LogP contribution in [0.3, 0.4) is 0 Å². The summed E-state index contributed by atoms with van der Waals surface area (Å²) in [7, 11) is 0. The van der Waals surface area contributed by atoms with Gasteiger partial charge in [0.1, 0.15) is 11.1 Å². The second kappa shape index (κ2) is 5.00. The van der Waals surface area contributed by atoms with Crippen LogP contribution in [-0.2, 0) is 0 Å². The summed E-state index contributed by atoms with van der Waals surface area (Å²) in [4.78, 5) is 0. The van der Waals surface area contributed by atoms with Crippen molar-refractivity contribution in [3.63, 3.8) is 0 Å². The van der Waals surface area contributed by atoms with Gasteiger partial charge in [-0.25, -0.2) is 0 Å². The minimum Gasteiger partial charge on any atom is -0.389 e. The second-order valence-corrected chi connectivity index (χ2v) is 4.42. The van der Waals surface area contributed by atoms with Gasteiger partial charge in [0, 0.05) is 10.1 Å². The molecule has 0 fully saturated rings. The van der Waals surface area contributed by atoms with Crippen LogP contribution in [0.15, 0.2) is 12.1 Å². The monoisotopic (exact) mass is 232 g/mol. The molecule has 0 unspecified atom stereocenters. The van der Waals surface area contributed by atoms with Crippen LogP contribution in [0, 0.1) is 25.2 Å². The summed E-state index contributed by atoms with van der Waals surface area (Å²) in [6.45, 7) is 8.08. The second-order valence-electron chi connectivity index (χ2n) is 3.33. The van der Waals surface area contributed by atoms with E-state index in [4.69, 9.17) is 11.0 Å². The highest BCUT2D eigenvalue weighted by Crippen LogP contribution is 2.35. The summed E-state index contributed by atoms with van der Waals surface area (Å²) in [5.41, 5.74) is 8.77. The lowest BCUT2D eigenvalue weighted by molar-refractivity contribution is 1.38. The van der Waals surface area contributed by atoms with Crippen molar-refractivity contribution >= 4 is 26.4 Å². The predicted octanol–water partition coefficient (Wildman–Crippen LogP) is 4.00. The summed E-state index contributed by atoms with van der Waals surface area (Å²) in [5, 5.41) is 10.6. The van der Waals surface area contributed by atoms with E-state index in [1.165, 1.54) is 16.9 Å². The van der Waals surface area contributed by atoms with Crippen LogP contribution in [0.25, 0.3) is 10.1 Å². The number of thiophene rings is 1. The fourth-order valence-corrected chi connectivity index (χ4v) is 2.57. The lowest BCUT2D eigenvalue weighted by Gasteiger charge is -2.00. The molecule has 2 rings (SSSR count). The molecule has 0 radical (unpaired) electrons. The summed E-state index contributed by atoms with van der Waals surface area (Å²) < 4.78 is 1.10. The van der Waals surface area contributed by atoms with Crippen molar-refractivity contribution in [1.82, 2.24) is 0 Å². The molecule has 2 aromatic rings. The van der Waals surface area contributed by atoms with Crippen molar-refractivity contribution in [2.24, 2.45) is 0 Å². The lowest BCUT2D eigenvalue weighted by atomic mass is 10.0. The van der Waals surface area contributed by atoms with E-state index in [2.05, 4.69) is 12.1 Å². The van der Waals surface area contributed by atoms with Crippen LogP contribution < -0.4 is 5.73 Å². The molecule has 0 aliphatic carbocycles. The molecule has 16 heavy (non-hydrogen) atoms. The largest absolute Gasteiger partial charge is 0.389 e. The van der Waals surface area contributed by atoms with E-state index in [1.54, 1.807) is 0 Å². The fourth-order valence-electron chi connectivity index (χ4n) is 1.59. The van der Waals surface area contributed by atoms with Gasteiger partial charge in [-0.05, 0) is 31.0 Å². The summed E-state index contributed by atoms with van der Waals surface area (Å²) in [5.74, 6) is 0. The number of aryl methyl sites for hydroxylation is 2. The number of hydrogen-bond acceptors (Lipinski definition) is 3. The number of nitrogens with two attached hydrogens (primary N) is 1. The van der Waals surface area contributed by atoms with E-state index < -0.39 is 0 Å². The molecule has 2 N–H and O–H groups in total. The molecule has 0 spiro atoms. The number of anilines is 1. The van der Waals surface area contributed by atoms with Gasteiger partial charge < -0.3 is 5.73 Å². The van der Waals surface area contributed by atoms with E-state index >= 15 is 0 Å². The van der Waals surface area contributed by atoms with Gasteiger partial charge in [-0.1, -0.05) is 19.9 Å². The van der Waals surface area contributed by atoms with Crippen LogP contribution in [0.2, 0.25) is 0 Å². The molecule has 1 aromatic heterocycles. The Morgan fingerprint density at radius 2 is 1.88 bits per heavy atom. The highest BCUT2D eigenvalue weighted by atomic mass is 32.1. The Kier molecular flexibility index (Phi) is 3.92. The first-order chi connectivity index (χ1) is 7.65. The maximum Gasteiger partial charge on any atom is 0.105 e. The zero-order valence-corrected chi connectivity index (χ0v) is 10.9. The molecule has 1 aromatic carbocycles. The topological polar surface area (TPSA) is 49.8 Å². The Hall–Kier alpha value is -1.53. The first-order valence-electron chi connectivity index (χ1n) is 5.33. The van der Waals surface area contributed by atoms with Crippen LogP contribution >= 0.6 is 11.3 Å². The molecule has 1 heterocycles. The third kappa shape index (κ3) is 1.89. The zero-order valence-electron chi connectivity index (χ0n) is 10.1. The maximum absolute atomic E-state index is 9.00. The van der Waals surface area contributed by atoms with Gasteiger partial charge >= 0.3 is 0 Å². The minimum absolute atomic E-state index is 0.621. The quantitative estimate of drug-likeness (QED) is 0.746. The number of nitriles is 1. The summed E-state index contributed by atoms with van der Waals surface area (Å²) in [6.07, 6.45) is 0.